The van der Waals surface area contributed by atoms with Gasteiger partial charge in [0.2, 0.25) is 5.91 Å². The minimum atomic E-state index is -0.414. The van der Waals surface area contributed by atoms with Crippen LogP contribution in [0.2, 0.25) is 0 Å². The van der Waals surface area contributed by atoms with Gasteiger partial charge in [-0.2, -0.15) is 0 Å². The van der Waals surface area contributed by atoms with Gasteiger partial charge in [0.05, 0.1) is 12.0 Å². The molecule has 0 unspecified atom stereocenters. The Morgan fingerprint density at radius 2 is 1.84 bits per heavy atom. The summed E-state index contributed by atoms with van der Waals surface area (Å²) in [6.07, 6.45) is 2.17. The number of thiophene rings is 1. The molecule has 3 heterocycles. The van der Waals surface area contributed by atoms with Crippen molar-refractivity contribution in [1.29, 1.82) is 0 Å². The number of likely N-dealkylation sites (tertiary alicyclic amines) is 1. The summed E-state index contributed by atoms with van der Waals surface area (Å²) in [5.74, 6) is 0.417. The van der Waals surface area contributed by atoms with Crippen LogP contribution in [0.25, 0.3) is 0 Å². The highest BCUT2D eigenvalue weighted by atomic mass is 32.1. The average Bonchev–Trinajstić information content (AvgIpc) is 3.44. The second-order valence-corrected chi connectivity index (χ2v) is 12.3. The Bertz CT molecular complexity index is 1250. The number of aryl methyl sites for hydroxylation is 1. The summed E-state index contributed by atoms with van der Waals surface area (Å²) in [5, 5.41) is 5.36. The van der Waals surface area contributed by atoms with Gasteiger partial charge in [-0.15, -0.1) is 11.3 Å². The van der Waals surface area contributed by atoms with E-state index < -0.39 is 5.92 Å². The maximum absolute atomic E-state index is 13.9. The van der Waals surface area contributed by atoms with Crippen molar-refractivity contribution in [3.05, 3.63) is 93.2 Å². The normalized spacial score (nSPS) is 20.5. The zero-order chi connectivity index (χ0) is 26.6. The molecule has 0 radical (unpaired) electrons. The highest BCUT2D eigenvalue weighted by Gasteiger charge is 2.44. The lowest BCUT2D eigenvalue weighted by atomic mass is 9.81. The van der Waals surface area contributed by atoms with E-state index in [0.29, 0.717) is 30.5 Å². The van der Waals surface area contributed by atoms with E-state index >= 15 is 0 Å². The fourth-order valence-corrected chi connectivity index (χ4v) is 6.89. The molecule has 1 N–H and O–H groups in total. The fraction of sp³-hybridized carbons (Fsp3) is 0.438. The number of carbonyl (C=O) groups is 2. The van der Waals surface area contributed by atoms with Gasteiger partial charge in [0.25, 0.3) is 5.91 Å². The summed E-state index contributed by atoms with van der Waals surface area (Å²) in [7, 11) is 0. The maximum Gasteiger partial charge on any atom is 0.254 e. The summed E-state index contributed by atoms with van der Waals surface area (Å²) in [4.78, 5) is 33.1. The van der Waals surface area contributed by atoms with Crippen LogP contribution in [0, 0.1) is 18.8 Å². The van der Waals surface area contributed by atoms with E-state index in [0.717, 1.165) is 42.9 Å². The smallest absolute Gasteiger partial charge is 0.254 e. The number of amides is 2. The van der Waals surface area contributed by atoms with E-state index in [1.54, 1.807) is 11.3 Å². The summed E-state index contributed by atoms with van der Waals surface area (Å²) in [6, 6.07) is 20.2. The molecule has 0 spiro atoms. The van der Waals surface area contributed by atoms with E-state index in [9.17, 15) is 9.59 Å². The molecule has 2 aromatic carbocycles. The Morgan fingerprint density at radius 1 is 1.05 bits per heavy atom. The molecule has 2 aliphatic rings. The first-order valence-electron chi connectivity index (χ1n) is 13.9. The quantitative estimate of drug-likeness (QED) is 0.388. The highest BCUT2D eigenvalue weighted by Crippen LogP contribution is 2.44. The van der Waals surface area contributed by atoms with Gasteiger partial charge in [-0.1, -0.05) is 67.9 Å². The molecule has 1 fully saturated rings. The predicted octanol–water partition coefficient (Wildman–Crippen LogP) is 6.02. The van der Waals surface area contributed by atoms with Crippen molar-refractivity contribution in [1.82, 2.24) is 15.1 Å². The molecule has 5 nitrogen and oxygen atoms in total. The number of benzene rings is 2. The predicted molar refractivity (Wildman–Crippen MR) is 154 cm³/mol. The van der Waals surface area contributed by atoms with Crippen LogP contribution in [0.15, 0.2) is 66.0 Å². The van der Waals surface area contributed by atoms with Crippen LogP contribution >= 0.6 is 11.3 Å². The minimum absolute atomic E-state index is 0.0257. The molecular weight excluding hydrogens is 490 g/mol. The zero-order valence-corrected chi connectivity index (χ0v) is 23.5. The molecule has 0 bridgehead atoms. The molecule has 2 aliphatic heterocycles. The zero-order valence-electron chi connectivity index (χ0n) is 22.7. The molecule has 200 valence electrons. The van der Waals surface area contributed by atoms with E-state index in [1.165, 1.54) is 11.1 Å². The SMILES string of the molecule is Cc1cccc(CN2CCC(CNC(=O)[C@@H]3c4ccccc4C(=O)N(CC(C)C)[C@@H]3c3cccs3)CC2)c1. The number of carbonyl (C=O) groups excluding carboxylic acids is 2. The molecule has 2 amide bonds. The second kappa shape index (κ2) is 11.8. The van der Waals surface area contributed by atoms with Crippen molar-refractivity contribution < 1.29 is 9.59 Å². The fourth-order valence-electron chi connectivity index (χ4n) is 6.02. The standard InChI is InChI=1S/C32H39N3O2S/c1-22(2)20-35-30(28-12-7-17-38-28)29(26-10-4-5-11-27(26)32(35)37)31(36)33-19-24-13-15-34(16-14-24)21-25-9-6-8-23(3)18-25/h4-12,17-18,22,24,29-30H,13-16,19-21H2,1-3H3,(H,33,36)/t29-,30-/m1/s1. The van der Waals surface area contributed by atoms with E-state index in [-0.39, 0.29) is 17.9 Å². The Hall–Kier alpha value is -2.96. The van der Waals surface area contributed by atoms with Crippen LogP contribution in [0.3, 0.4) is 0 Å². The molecule has 38 heavy (non-hydrogen) atoms. The van der Waals surface area contributed by atoms with Gasteiger partial charge in [-0.25, -0.2) is 0 Å². The van der Waals surface area contributed by atoms with Gasteiger partial charge in [-0.05, 0) is 73.3 Å². The maximum atomic E-state index is 13.9. The number of rotatable bonds is 8. The molecule has 1 saturated heterocycles. The van der Waals surface area contributed by atoms with Crippen LogP contribution in [0.1, 0.15) is 70.6 Å². The van der Waals surface area contributed by atoms with E-state index in [2.05, 4.69) is 61.3 Å². The van der Waals surface area contributed by atoms with Crippen LogP contribution in [0.4, 0.5) is 0 Å². The number of nitrogens with zero attached hydrogens (tertiary/aromatic N) is 2. The Labute approximate surface area is 230 Å². The largest absolute Gasteiger partial charge is 0.355 e. The number of nitrogens with one attached hydrogen (secondary N) is 1. The Morgan fingerprint density at radius 3 is 2.55 bits per heavy atom. The third-order valence-corrected chi connectivity index (χ3v) is 8.82. The van der Waals surface area contributed by atoms with Crippen molar-refractivity contribution >= 4 is 23.2 Å². The summed E-state index contributed by atoms with van der Waals surface area (Å²) >= 11 is 1.63. The second-order valence-electron chi connectivity index (χ2n) is 11.3. The van der Waals surface area contributed by atoms with E-state index in [4.69, 9.17) is 0 Å². The number of hydrogen-bond donors (Lipinski definition) is 1. The lowest BCUT2D eigenvalue weighted by molar-refractivity contribution is -0.124. The highest BCUT2D eigenvalue weighted by molar-refractivity contribution is 7.10. The molecule has 3 aromatic rings. The van der Waals surface area contributed by atoms with Crippen LogP contribution in [-0.2, 0) is 11.3 Å². The molecule has 5 rings (SSSR count). The molecule has 0 saturated carbocycles. The number of piperidine rings is 1. The van der Waals surface area contributed by atoms with Crippen LogP contribution < -0.4 is 5.32 Å². The van der Waals surface area contributed by atoms with Gasteiger partial charge in [0.1, 0.15) is 0 Å². The third kappa shape index (κ3) is 5.87. The Balaban J connectivity index is 1.28. The lowest BCUT2D eigenvalue weighted by Gasteiger charge is -2.42. The summed E-state index contributed by atoms with van der Waals surface area (Å²) < 4.78 is 0. The molecule has 0 aliphatic carbocycles. The molecule has 6 heteroatoms. The van der Waals surface area contributed by atoms with Gasteiger partial charge >= 0.3 is 0 Å². The lowest BCUT2D eigenvalue weighted by Crippen LogP contribution is -2.49. The van der Waals surface area contributed by atoms with Crippen molar-refractivity contribution in [3.63, 3.8) is 0 Å². The van der Waals surface area contributed by atoms with Gasteiger partial charge in [0.15, 0.2) is 0 Å². The van der Waals surface area contributed by atoms with Crippen molar-refractivity contribution in [2.24, 2.45) is 11.8 Å². The van der Waals surface area contributed by atoms with Crippen molar-refractivity contribution in [3.8, 4) is 0 Å². The first kappa shape index (κ1) is 26.6. The monoisotopic (exact) mass is 529 g/mol. The number of hydrogen-bond acceptors (Lipinski definition) is 4. The average molecular weight is 530 g/mol. The first-order chi connectivity index (χ1) is 18.4. The number of fused-ring (bicyclic) bond motifs is 1. The summed E-state index contributed by atoms with van der Waals surface area (Å²) in [5.41, 5.74) is 4.18. The van der Waals surface area contributed by atoms with Crippen molar-refractivity contribution in [2.45, 2.75) is 52.1 Å². The Kier molecular flexibility index (Phi) is 8.29. The molecular formula is C32H39N3O2S. The van der Waals surface area contributed by atoms with Gasteiger partial charge in [-0.3, -0.25) is 14.5 Å². The summed E-state index contributed by atoms with van der Waals surface area (Å²) in [6.45, 7) is 10.8. The third-order valence-electron chi connectivity index (χ3n) is 7.88. The van der Waals surface area contributed by atoms with E-state index in [1.807, 2.05) is 40.6 Å². The van der Waals surface area contributed by atoms with Crippen molar-refractivity contribution in [2.75, 3.05) is 26.2 Å². The minimum Gasteiger partial charge on any atom is -0.355 e. The topological polar surface area (TPSA) is 52.7 Å². The molecule has 1 aromatic heterocycles. The van der Waals surface area contributed by atoms with Crippen LogP contribution in [0.5, 0.6) is 0 Å². The molecule has 2 atom stereocenters. The van der Waals surface area contributed by atoms with Crippen LogP contribution in [-0.4, -0.2) is 47.8 Å². The van der Waals surface area contributed by atoms with Gasteiger partial charge < -0.3 is 10.2 Å². The first-order valence-corrected chi connectivity index (χ1v) is 14.8. The van der Waals surface area contributed by atoms with Gasteiger partial charge in [0, 0.05) is 30.1 Å².